The molecule has 1 aromatic carbocycles. The lowest BCUT2D eigenvalue weighted by molar-refractivity contribution is -0.175. The van der Waals surface area contributed by atoms with E-state index in [4.69, 9.17) is 19.9 Å². The van der Waals surface area contributed by atoms with Crippen molar-refractivity contribution in [1.82, 2.24) is 10.2 Å². The van der Waals surface area contributed by atoms with Crippen molar-refractivity contribution in [2.75, 3.05) is 13.6 Å². The average molecular weight is 494 g/mol. The van der Waals surface area contributed by atoms with E-state index in [1.807, 2.05) is 32.0 Å². The molecule has 0 saturated carbocycles. The van der Waals surface area contributed by atoms with Crippen LogP contribution in [-0.2, 0) is 35.1 Å². The number of carbonyl (C=O) groups is 4. The van der Waals surface area contributed by atoms with Gasteiger partial charge in [-0.2, -0.15) is 0 Å². The fraction of sp³-hybridized carbons (Fsp3) is 0.545. The van der Waals surface area contributed by atoms with E-state index in [1.165, 1.54) is 23.6 Å². The Morgan fingerprint density at radius 1 is 1.26 bits per heavy atom. The number of esters is 2. The van der Waals surface area contributed by atoms with E-state index in [0.717, 1.165) is 5.56 Å². The van der Waals surface area contributed by atoms with Gasteiger partial charge in [-0.3, -0.25) is 14.4 Å². The maximum atomic E-state index is 12.8. The predicted molar refractivity (Wildman–Crippen MR) is 120 cm³/mol. The summed E-state index contributed by atoms with van der Waals surface area (Å²) in [6, 6.07) is 3.12. The molecule has 0 bridgehead atoms. The third-order valence-electron chi connectivity index (χ3n) is 5.94. The lowest BCUT2D eigenvalue weighted by Gasteiger charge is -2.44. The number of benzene rings is 1. The number of nitrogens with two attached hydrogens (primary N) is 1. The molecule has 2 fully saturated rings. The van der Waals surface area contributed by atoms with Crippen LogP contribution in [0.5, 0.6) is 11.5 Å². The summed E-state index contributed by atoms with van der Waals surface area (Å²) in [6.45, 7) is 4.50. The van der Waals surface area contributed by atoms with E-state index in [1.54, 1.807) is 0 Å². The summed E-state index contributed by atoms with van der Waals surface area (Å²) in [6.07, 6.45) is 0.932. The van der Waals surface area contributed by atoms with Gasteiger partial charge in [-0.05, 0) is 44.4 Å². The number of fused-ring (bicyclic) bond motifs is 2. The molecule has 184 valence electrons. The zero-order valence-corrected chi connectivity index (χ0v) is 19.9. The maximum Gasteiger partial charge on any atom is 0.333 e. The highest BCUT2D eigenvalue weighted by atomic mass is 32.2. The number of hydrogen-bond acceptors (Lipinski definition) is 10. The summed E-state index contributed by atoms with van der Waals surface area (Å²) in [4.78, 5) is 50.3. The topological polar surface area (TPSA) is 146 Å². The molecule has 1 unspecified atom stereocenters. The van der Waals surface area contributed by atoms with E-state index in [9.17, 15) is 19.2 Å². The standard InChI is InChI=1S/C22H27N3O8S/c1-11(26)30-9-33-21(29)17-22(2,3)34-20-16(19(28)25(17)20)24-18(27)13(23)6-4-12-5-7-14-15(8-12)32-10-31-14/h5,7-8,13,16-17,20H,4,6,9-10,23H2,1-3H3,(H,24,27)/t13?,16-,17+,20-/m1/s1. The molecule has 3 N–H and O–H groups in total. The van der Waals surface area contributed by atoms with E-state index in [-0.39, 0.29) is 12.7 Å². The maximum absolute atomic E-state index is 12.8. The molecular formula is C22H27N3O8S. The molecule has 3 aliphatic rings. The van der Waals surface area contributed by atoms with E-state index in [2.05, 4.69) is 10.1 Å². The van der Waals surface area contributed by atoms with Crippen LogP contribution in [0.3, 0.4) is 0 Å². The number of β-lactam (4-membered cyclic amide) rings is 1. The third kappa shape index (κ3) is 4.64. The van der Waals surface area contributed by atoms with E-state index >= 15 is 0 Å². The monoisotopic (exact) mass is 493 g/mol. The predicted octanol–water partition coefficient (Wildman–Crippen LogP) is 0.286. The van der Waals surface area contributed by atoms with E-state index in [0.29, 0.717) is 24.3 Å². The normalized spacial score (nSPS) is 24.6. The molecule has 34 heavy (non-hydrogen) atoms. The molecule has 3 heterocycles. The first kappa shape index (κ1) is 24.1. The summed E-state index contributed by atoms with van der Waals surface area (Å²) >= 11 is 1.40. The van der Waals surface area contributed by atoms with Gasteiger partial charge in [0.15, 0.2) is 11.5 Å². The molecule has 2 amide bonds. The number of nitrogens with zero attached hydrogens (tertiary/aromatic N) is 1. The van der Waals surface area contributed by atoms with Crippen LogP contribution in [0.4, 0.5) is 0 Å². The molecule has 0 spiro atoms. The molecule has 11 nitrogen and oxygen atoms in total. The molecule has 0 radical (unpaired) electrons. The Morgan fingerprint density at radius 3 is 2.74 bits per heavy atom. The van der Waals surface area contributed by atoms with Crippen LogP contribution in [0.25, 0.3) is 0 Å². The first-order chi connectivity index (χ1) is 16.1. The molecule has 1 aromatic rings. The van der Waals surface area contributed by atoms with Crippen LogP contribution >= 0.6 is 11.8 Å². The molecule has 4 atom stereocenters. The van der Waals surface area contributed by atoms with Crippen LogP contribution in [0.2, 0.25) is 0 Å². The number of rotatable bonds is 8. The van der Waals surface area contributed by atoms with Gasteiger partial charge < -0.3 is 34.9 Å². The van der Waals surface area contributed by atoms with Crippen LogP contribution in [-0.4, -0.2) is 70.5 Å². The fourth-order valence-corrected chi connectivity index (χ4v) is 5.81. The molecule has 3 aliphatic heterocycles. The number of thioether (sulfide) groups is 1. The Bertz CT molecular complexity index is 1020. The Hall–Kier alpha value is -2.99. The number of hydrogen-bond donors (Lipinski definition) is 2. The van der Waals surface area contributed by atoms with Gasteiger partial charge in [-0.15, -0.1) is 11.8 Å². The Morgan fingerprint density at radius 2 is 2.00 bits per heavy atom. The lowest BCUT2D eigenvalue weighted by atomic mass is 9.95. The highest BCUT2D eigenvalue weighted by Gasteiger charge is 2.64. The van der Waals surface area contributed by atoms with Gasteiger partial charge in [0.05, 0.1) is 6.04 Å². The fourth-order valence-electron chi connectivity index (χ4n) is 4.19. The van der Waals surface area contributed by atoms with Crippen molar-refractivity contribution in [1.29, 1.82) is 0 Å². The van der Waals surface area contributed by atoms with Crippen molar-refractivity contribution >= 4 is 35.5 Å². The van der Waals surface area contributed by atoms with Gasteiger partial charge >= 0.3 is 11.9 Å². The minimum absolute atomic E-state index is 0.188. The van der Waals surface area contributed by atoms with Gasteiger partial charge in [0.1, 0.15) is 17.5 Å². The third-order valence-corrected chi connectivity index (χ3v) is 7.51. The van der Waals surface area contributed by atoms with Crippen molar-refractivity contribution in [3.05, 3.63) is 23.8 Å². The highest BCUT2D eigenvalue weighted by molar-refractivity contribution is 8.01. The van der Waals surface area contributed by atoms with E-state index < -0.39 is 52.9 Å². The molecule has 0 aromatic heterocycles. The average Bonchev–Trinajstić information content (AvgIpc) is 3.34. The van der Waals surface area contributed by atoms with Gasteiger partial charge in [0.2, 0.25) is 25.4 Å². The molecule has 0 aliphatic carbocycles. The van der Waals surface area contributed by atoms with Gasteiger partial charge in [-0.1, -0.05) is 6.07 Å². The summed E-state index contributed by atoms with van der Waals surface area (Å²) in [7, 11) is 0. The zero-order valence-electron chi connectivity index (χ0n) is 19.1. The largest absolute Gasteiger partial charge is 0.454 e. The smallest absolute Gasteiger partial charge is 0.333 e. The van der Waals surface area contributed by atoms with Crippen LogP contribution < -0.4 is 20.5 Å². The first-order valence-electron chi connectivity index (χ1n) is 10.8. The van der Waals surface area contributed by atoms with Crippen LogP contribution in [0, 0.1) is 0 Å². The Labute approximate surface area is 200 Å². The molecule has 4 rings (SSSR count). The van der Waals surface area contributed by atoms with Crippen LogP contribution in [0.15, 0.2) is 18.2 Å². The highest BCUT2D eigenvalue weighted by Crippen LogP contribution is 2.51. The number of amides is 2. The van der Waals surface area contributed by atoms with Crippen molar-refractivity contribution in [3.8, 4) is 11.5 Å². The number of carbonyl (C=O) groups excluding carboxylic acids is 4. The zero-order chi connectivity index (χ0) is 24.6. The van der Waals surface area contributed by atoms with Gasteiger partial charge in [0, 0.05) is 11.7 Å². The van der Waals surface area contributed by atoms with Crippen molar-refractivity contribution in [2.24, 2.45) is 5.73 Å². The Balaban J connectivity index is 1.30. The molecule has 2 saturated heterocycles. The first-order valence-corrected chi connectivity index (χ1v) is 11.7. The van der Waals surface area contributed by atoms with Crippen molar-refractivity contribution in [2.45, 2.75) is 61.9 Å². The lowest BCUT2D eigenvalue weighted by Crippen LogP contribution is -2.71. The summed E-state index contributed by atoms with van der Waals surface area (Å²) in [5.41, 5.74) is 7.04. The number of aryl methyl sites for hydroxylation is 1. The second kappa shape index (κ2) is 9.34. The second-order valence-corrected chi connectivity index (χ2v) is 10.6. The SMILES string of the molecule is CC(=O)OCOC(=O)[C@@H]1N2C(=O)[C@@H](NC(=O)C(N)CCc3ccc4c(c3)OCO4)[C@H]2SC1(C)C. The van der Waals surface area contributed by atoms with Crippen LogP contribution in [0.1, 0.15) is 32.8 Å². The minimum Gasteiger partial charge on any atom is -0.454 e. The molecule has 12 heteroatoms. The second-order valence-electron chi connectivity index (χ2n) is 8.80. The Kier molecular flexibility index (Phi) is 6.63. The summed E-state index contributed by atoms with van der Waals surface area (Å²) in [5, 5.41) is 2.31. The number of ether oxygens (including phenoxy) is 4. The molecular weight excluding hydrogens is 466 g/mol. The van der Waals surface area contributed by atoms with Crippen molar-refractivity contribution in [3.63, 3.8) is 0 Å². The van der Waals surface area contributed by atoms with Gasteiger partial charge in [-0.25, -0.2) is 4.79 Å². The quantitative estimate of drug-likeness (QED) is 0.294. The van der Waals surface area contributed by atoms with Gasteiger partial charge in [0.25, 0.3) is 0 Å². The minimum atomic E-state index is -0.863. The summed E-state index contributed by atoms with van der Waals surface area (Å²) in [5.74, 6) is -0.711. The summed E-state index contributed by atoms with van der Waals surface area (Å²) < 4.78 is 19.7. The van der Waals surface area contributed by atoms with Crippen molar-refractivity contribution < 1.29 is 38.1 Å². The number of nitrogens with one attached hydrogen (secondary N) is 1.